The van der Waals surface area contributed by atoms with Crippen molar-refractivity contribution in [2.24, 2.45) is 0 Å². The molecule has 4 rings (SSSR count). The van der Waals surface area contributed by atoms with E-state index in [1.165, 1.54) is 0 Å². The number of nitrogens with one attached hydrogen (secondary N) is 1. The molecule has 0 bridgehead atoms. The van der Waals surface area contributed by atoms with Crippen molar-refractivity contribution in [3.63, 3.8) is 0 Å². The second-order valence-electron chi connectivity index (χ2n) is 7.32. The number of aromatic nitrogens is 2. The molecule has 156 valence electrons. The van der Waals surface area contributed by atoms with Gasteiger partial charge in [-0.1, -0.05) is 36.4 Å². The van der Waals surface area contributed by atoms with Crippen LogP contribution in [0.5, 0.6) is 5.75 Å². The number of carbonyl (C=O) groups is 1. The zero-order chi connectivity index (χ0) is 20.8. The Morgan fingerprint density at radius 2 is 1.87 bits per heavy atom. The lowest BCUT2D eigenvalue weighted by molar-refractivity contribution is -0.122. The molecule has 1 aliphatic rings. The van der Waals surface area contributed by atoms with Crippen LogP contribution in [0.25, 0.3) is 5.69 Å². The van der Waals surface area contributed by atoms with Crippen molar-refractivity contribution in [1.29, 1.82) is 0 Å². The number of piperazine rings is 1. The largest absolute Gasteiger partial charge is 0.497 e. The highest BCUT2D eigenvalue weighted by atomic mass is 16.5. The molecule has 2 heterocycles. The topological polar surface area (TPSA) is 62.6 Å². The predicted molar refractivity (Wildman–Crippen MR) is 117 cm³/mol. The number of nitrogens with zero attached hydrogens (tertiary/aromatic N) is 4. The highest BCUT2D eigenvalue weighted by molar-refractivity contribution is 5.78. The van der Waals surface area contributed by atoms with Gasteiger partial charge in [0.2, 0.25) is 11.9 Å². The Balaban J connectivity index is 1.31. The summed E-state index contributed by atoms with van der Waals surface area (Å²) in [7, 11) is 1.67. The molecule has 2 aromatic carbocycles. The lowest BCUT2D eigenvalue weighted by Crippen LogP contribution is -2.50. The minimum Gasteiger partial charge on any atom is -0.497 e. The zero-order valence-electron chi connectivity index (χ0n) is 17.2. The minimum atomic E-state index is 0.0604. The summed E-state index contributed by atoms with van der Waals surface area (Å²) in [6.07, 6.45) is 3.78. The molecule has 1 aliphatic heterocycles. The van der Waals surface area contributed by atoms with Gasteiger partial charge < -0.3 is 15.0 Å². The third-order valence-corrected chi connectivity index (χ3v) is 5.31. The molecular formula is C23H27N5O2. The van der Waals surface area contributed by atoms with E-state index >= 15 is 0 Å². The van der Waals surface area contributed by atoms with Gasteiger partial charge in [0.25, 0.3) is 0 Å². The van der Waals surface area contributed by atoms with Crippen molar-refractivity contribution in [3.8, 4) is 11.4 Å². The van der Waals surface area contributed by atoms with E-state index in [-0.39, 0.29) is 5.91 Å². The lowest BCUT2D eigenvalue weighted by Gasteiger charge is -2.35. The number of hydrogen-bond acceptors (Lipinski definition) is 5. The van der Waals surface area contributed by atoms with Crippen LogP contribution in [-0.4, -0.2) is 60.2 Å². The number of rotatable bonds is 7. The van der Waals surface area contributed by atoms with Crippen LogP contribution in [0, 0.1) is 0 Å². The maximum Gasteiger partial charge on any atom is 0.234 e. The van der Waals surface area contributed by atoms with Gasteiger partial charge >= 0.3 is 0 Å². The van der Waals surface area contributed by atoms with Crippen molar-refractivity contribution in [3.05, 3.63) is 72.6 Å². The summed E-state index contributed by atoms with van der Waals surface area (Å²) in [4.78, 5) is 21.3. The van der Waals surface area contributed by atoms with Crippen molar-refractivity contribution in [2.45, 2.75) is 6.54 Å². The molecule has 0 radical (unpaired) electrons. The first-order valence-corrected chi connectivity index (χ1v) is 10.2. The van der Waals surface area contributed by atoms with Crippen molar-refractivity contribution < 1.29 is 9.53 Å². The van der Waals surface area contributed by atoms with E-state index in [1.54, 1.807) is 7.11 Å². The monoisotopic (exact) mass is 405 g/mol. The Morgan fingerprint density at radius 1 is 1.07 bits per heavy atom. The molecule has 30 heavy (non-hydrogen) atoms. The first kappa shape index (κ1) is 20.0. The van der Waals surface area contributed by atoms with Gasteiger partial charge in [-0.25, -0.2) is 4.98 Å². The average Bonchev–Trinajstić information content (AvgIpc) is 3.29. The number of methoxy groups -OCH3 is 1. The summed E-state index contributed by atoms with van der Waals surface area (Å²) in [5, 5.41) is 3.00. The van der Waals surface area contributed by atoms with Crippen molar-refractivity contribution in [1.82, 2.24) is 19.8 Å². The second kappa shape index (κ2) is 9.45. The molecule has 0 spiro atoms. The average molecular weight is 406 g/mol. The molecule has 1 aromatic heterocycles. The van der Waals surface area contributed by atoms with Crippen LogP contribution in [0.2, 0.25) is 0 Å². The van der Waals surface area contributed by atoms with Gasteiger partial charge in [0.05, 0.1) is 19.3 Å². The van der Waals surface area contributed by atoms with E-state index in [2.05, 4.69) is 24.7 Å². The van der Waals surface area contributed by atoms with E-state index in [0.717, 1.165) is 49.1 Å². The van der Waals surface area contributed by atoms with E-state index in [9.17, 15) is 4.79 Å². The fraction of sp³-hybridized carbons (Fsp3) is 0.304. The Hall–Kier alpha value is -3.32. The van der Waals surface area contributed by atoms with Crippen LogP contribution in [0.1, 0.15) is 5.56 Å². The van der Waals surface area contributed by atoms with Crippen LogP contribution in [0.4, 0.5) is 5.95 Å². The number of carbonyl (C=O) groups excluding carboxylic acids is 1. The SMILES string of the molecule is COc1cccc(-n2ccnc2N2CCN(CC(=O)NCc3ccccc3)CC2)c1. The summed E-state index contributed by atoms with van der Waals surface area (Å²) >= 11 is 0. The number of hydrogen-bond donors (Lipinski definition) is 1. The zero-order valence-corrected chi connectivity index (χ0v) is 17.2. The number of ether oxygens (including phenoxy) is 1. The molecule has 1 amide bonds. The Labute approximate surface area is 176 Å². The second-order valence-corrected chi connectivity index (χ2v) is 7.32. The maximum atomic E-state index is 12.3. The number of anilines is 1. The third kappa shape index (κ3) is 4.80. The molecule has 0 unspecified atom stereocenters. The molecule has 7 nitrogen and oxygen atoms in total. The predicted octanol–water partition coefficient (Wildman–Crippen LogP) is 2.32. The molecule has 0 saturated carbocycles. The summed E-state index contributed by atoms with van der Waals surface area (Å²) in [5.41, 5.74) is 2.13. The minimum absolute atomic E-state index is 0.0604. The molecule has 1 fully saturated rings. The number of benzene rings is 2. The van der Waals surface area contributed by atoms with Crippen LogP contribution in [0.15, 0.2) is 67.0 Å². The van der Waals surface area contributed by atoms with Crippen molar-refractivity contribution in [2.75, 3.05) is 44.7 Å². The number of imidazole rings is 1. The Morgan fingerprint density at radius 3 is 2.63 bits per heavy atom. The molecule has 1 N–H and O–H groups in total. The molecular weight excluding hydrogens is 378 g/mol. The quantitative estimate of drug-likeness (QED) is 0.654. The lowest BCUT2D eigenvalue weighted by atomic mass is 10.2. The fourth-order valence-electron chi connectivity index (χ4n) is 3.65. The van der Waals surface area contributed by atoms with Crippen LogP contribution >= 0.6 is 0 Å². The fourth-order valence-corrected chi connectivity index (χ4v) is 3.65. The smallest absolute Gasteiger partial charge is 0.234 e. The van der Waals surface area contributed by atoms with E-state index in [0.29, 0.717) is 13.1 Å². The number of amides is 1. The van der Waals surface area contributed by atoms with Gasteiger partial charge in [-0.05, 0) is 17.7 Å². The van der Waals surface area contributed by atoms with E-state index in [1.807, 2.05) is 67.0 Å². The maximum absolute atomic E-state index is 12.3. The van der Waals surface area contributed by atoms with Crippen LogP contribution in [0.3, 0.4) is 0 Å². The van der Waals surface area contributed by atoms with E-state index in [4.69, 9.17) is 4.74 Å². The van der Waals surface area contributed by atoms with Gasteiger partial charge in [0, 0.05) is 51.2 Å². The Bertz CT molecular complexity index is 964. The van der Waals surface area contributed by atoms with Gasteiger partial charge in [-0.2, -0.15) is 0 Å². The molecule has 1 saturated heterocycles. The summed E-state index contributed by atoms with van der Waals surface area (Å²) in [6, 6.07) is 17.9. The van der Waals surface area contributed by atoms with Gasteiger partial charge in [-0.3, -0.25) is 14.3 Å². The van der Waals surface area contributed by atoms with E-state index < -0.39 is 0 Å². The summed E-state index contributed by atoms with van der Waals surface area (Å²) in [6.45, 7) is 4.29. The van der Waals surface area contributed by atoms with Gasteiger partial charge in [-0.15, -0.1) is 0 Å². The molecule has 3 aromatic rings. The van der Waals surface area contributed by atoms with Gasteiger partial charge in [0.15, 0.2) is 0 Å². The highest BCUT2D eigenvalue weighted by Crippen LogP contribution is 2.22. The van der Waals surface area contributed by atoms with Crippen LogP contribution in [-0.2, 0) is 11.3 Å². The highest BCUT2D eigenvalue weighted by Gasteiger charge is 2.22. The molecule has 7 heteroatoms. The third-order valence-electron chi connectivity index (χ3n) is 5.31. The first-order chi connectivity index (χ1) is 14.7. The summed E-state index contributed by atoms with van der Waals surface area (Å²) < 4.78 is 7.42. The van der Waals surface area contributed by atoms with Gasteiger partial charge in [0.1, 0.15) is 5.75 Å². The molecule has 0 aliphatic carbocycles. The molecule has 0 atom stereocenters. The Kier molecular flexibility index (Phi) is 6.29. The van der Waals surface area contributed by atoms with Crippen molar-refractivity contribution >= 4 is 11.9 Å². The summed E-state index contributed by atoms with van der Waals surface area (Å²) in [5.74, 6) is 1.79. The standard InChI is InChI=1S/C23H27N5O2/c1-30-21-9-5-8-20(16-21)28-11-10-24-23(28)27-14-12-26(13-15-27)18-22(29)25-17-19-6-3-2-4-7-19/h2-11,16H,12-15,17-18H2,1H3,(H,25,29). The normalized spacial score (nSPS) is 14.5. The van der Waals surface area contributed by atoms with Crippen LogP contribution < -0.4 is 15.0 Å². The first-order valence-electron chi connectivity index (χ1n) is 10.2.